The van der Waals surface area contributed by atoms with Crippen molar-refractivity contribution in [2.75, 3.05) is 37.7 Å². The van der Waals surface area contributed by atoms with Gasteiger partial charge >= 0.3 is 0 Å². The van der Waals surface area contributed by atoms with Gasteiger partial charge in [-0.05, 0) is 23.8 Å². The van der Waals surface area contributed by atoms with Crippen LogP contribution in [0.1, 0.15) is 15.9 Å². The lowest BCUT2D eigenvalue weighted by atomic mass is 10.1. The average molecular weight is 485 g/mol. The molecule has 1 saturated heterocycles. The van der Waals surface area contributed by atoms with Crippen molar-refractivity contribution in [3.05, 3.63) is 84.4 Å². The van der Waals surface area contributed by atoms with Crippen molar-refractivity contribution < 1.29 is 14.6 Å². The van der Waals surface area contributed by atoms with E-state index in [-0.39, 0.29) is 12.5 Å². The zero-order valence-electron chi connectivity index (χ0n) is 19.9. The number of benzene rings is 2. The maximum atomic E-state index is 12.8. The monoisotopic (exact) mass is 484 g/mol. The van der Waals surface area contributed by atoms with E-state index in [9.17, 15) is 9.90 Å². The molecule has 0 saturated carbocycles. The molecular formula is C27H28N6O3. The van der Waals surface area contributed by atoms with Crippen molar-refractivity contribution in [2.45, 2.75) is 13.2 Å². The quantitative estimate of drug-likeness (QED) is 0.396. The van der Waals surface area contributed by atoms with Gasteiger partial charge in [-0.3, -0.25) is 4.79 Å². The number of hydrogen-bond donors (Lipinski definition) is 2. The van der Waals surface area contributed by atoms with Crippen molar-refractivity contribution in [3.8, 4) is 22.6 Å². The highest BCUT2D eigenvalue weighted by atomic mass is 16.5. The summed E-state index contributed by atoms with van der Waals surface area (Å²) in [5, 5.41) is 12.6. The van der Waals surface area contributed by atoms with Crippen LogP contribution < -0.4 is 10.2 Å². The van der Waals surface area contributed by atoms with Crippen molar-refractivity contribution in [1.29, 1.82) is 0 Å². The molecule has 0 unspecified atom stereocenters. The van der Waals surface area contributed by atoms with Crippen LogP contribution in [0.25, 0.3) is 22.6 Å². The molecule has 0 aliphatic carbocycles. The highest BCUT2D eigenvalue weighted by molar-refractivity contribution is 5.95. The number of carbonyl (C=O) groups excluding carboxylic acids is 1. The second-order valence-electron chi connectivity index (χ2n) is 8.53. The molecule has 184 valence electrons. The zero-order valence-corrected chi connectivity index (χ0v) is 19.9. The van der Waals surface area contributed by atoms with Crippen LogP contribution in [0.4, 0.5) is 5.82 Å². The van der Waals surface area contributed by atoms with Crippen LogP contribution in [0.2, 0.25) is 0 Å². The molecule has 36 heavy (non-hydrogen) atoms. The molecule has 0 atom stereocenters. The molecule has 1 aliphatic rings. The van der Waals surface area contributed by atoms with Crippen molar-refractivity contribution in [1.82, 2.24) is 24.8 Å². The number of morpholine rings is 1. The largest absolute Gasteiger partial charge is 0.392 e. The van der Waals surface area contributed by atoms with E-state index in [1.54, 1.807) is 18.6 Å². The molecule has 2 aromatic heterocycles. The summed E-state index contributed by atoms with van der Waals surface area (Å²) in [6.07, 6.45) is 5.30. The Balaban J connectivity index is 1.44. The van der Waals surface area contributed by atoms with Gasteiger partial charge in [0.15, 0.2) is 5.82 Å². The van der Waals surface area contributed by atoms with Crippen molar-refractivity contribution in [2.24, 2.45) is 0 Å². The lowest BCUT2D eigenvalue weighted by molar-refractivity contribution is 0.0952. The number of hydrogen-bond acceptors (Lipinski definition) is 7. The van der Waals surface area contributed by atoms with E-state index in [4.69, 9.17) is 14.7 Å². The fourth-order valence-corrected chi connectivity index (χ4v) is 4.11. The predicted molar refractivity (Wildman–Crippen MR) is 136 cm³/mol. The maximum absolute atomic E-state index is 12.8. The van der Waals surface area contributed by atoms with Crippen LogP contribution in [0.3, 0.4) is 0 Å². The molecule has 9 nitrogen and oxygen atoms in total. The van der Waals surface area contributed by atoms with E-state index >= 15 is 0 Å². The summed E-state index contributed by atoms with van der Waals surface area (Å²) in [4.78, 5) is 28.7. The molecule has 1 fully saturated rings. The smallest absolute Gasteiger partial charge is 0.251 e. The third kappa shape index (κ3) is 5.59. The first kappa shape index (κ1) is 23.7. The van der Waals surface area contributed by atoms with Crippen LogP contribution in [-0.4, -0.2) is 63.4 Å². The third-order valence-electron chi connectivity index (χ3n) is 6.05. The van der Waals surface area contributed by atoms with Crippen LogP contribution in [-0.2, 0) is 17.9 Å². The predicted octanol–water partition coefficient (Wildman–Crippen LogP) is 2.77. The number of nitrogens with zero attached hydrogens (tertiary/aromatic N) is 5. The van der Waals surface area contributed by atoms with Crippen molar-refractivity contribution >= 4 is 11.7 Å². The Labute approximate surface area is 209 Å². The highest BCUT2D eigenvalue weighted by Gasteiger charge is 2.17. The molecule has 0 spiro atoms. The van der Waals surface area contributed by atoms with Gasteiger partial charge in [-0.25, -0.2) is 15.0 Å². The van der Waals surface area contributed by atoms with Gasteiger partial charge in [-0.1, -0.05) is 30.3 Å². The number of aliphatic hydroxyl groups is 1. The Kier molecular flexibility index (Phi) is 7.30. The normalized spacial score (nSPS) is 13.5. The van der Waals surface area contributed by atoms with Crippen LogP contribution in [0, 0.1) is 0 Å². The number of nitrogens with one attached hydrogen (secondary N) is 1. The average Bonchev–Trinajstić information content (AvgIpc) is 3.47. The maximum Gasteiger partial charge on any atom is 0.251 e. The first-order chi connectivity index (χ1) is 17.7. The van der Waals surface area contributed by atoms with Gasteiger partial charge in [0.05, 0.1) is 31.8 Å². The summed E-state index contributed by atoms with van der Waals surface area (Å²) in [6.45, 7) is 3.86. The Bertz CT molecular complexity index is 1320. The van der Waals surface area contributed by atoms with Crippen LogP contribution >= 0.6 is 0 Å². The second kappa shape index (κ2) is 11.1. The zero-order chi connectivity index (χ0) is 24.7. The first-order valence-electron chi connectivity index (χ1n) is 12.0. The topological polar surface area (TPSA) is 105 Å². The van der Waals surface area contributed by atoms with Gasteiger partial charge < -0.3 is 24.6 Å². The minimum atomic E-state index is -0.143. The number of amides is 1. The van der Waals surface area contributed by atoms with E-state index in [0.29, 0.717) is 37.7 Å². The summed E-state index contributed by atoms with van der Waals surface area (Å²) in [5.41, 5.74) is 3.74. The minimum absolute atomic E-state index is 0.0537. The number of imidazole rings is 1. The lowest BCUT2D eigenvalue weighted by Crippen LogP contribution is -2.36. The molecule has 4 aromatic rings. The number of aliphatic hydroxyl groups excluding tert-OH is 1. The lowest BCUT2D eigenvalue weighted by Gasteiger charge is -2.28. The Morgan fingerprint density at radius 3 is 2.67 bits per heavy atom. The van der Waals surface area contributed by atoms with Crippen LogP contribution in [0.15, 0.2) is 73.3 Å². The molecule has 2 aromatic carbocycles. The van der Waals surface area contributed by atoms with Gasteiger partial charge in [0.1, 0.15) is 5.82 Å². The summed E-state index contributed by atoms with van der Waals surface area (Å²) < 4.78 is 7.43. The minimum Gasteiger partial charge on any atom is -0.392 e. The number of ether oxygens (including phenoxy) is 1. The Morgan fingerprint density at radius 1 is 1.03 bits per heavy atom. The summed E-state index contributed by atoms with van der Waals surface area (Å²) in [7, 11) is 0. The standard InChI is InChI=1S/C27H28N6O3/c34-18-20-3-1-5-22(15-20)26-30-24(17-25(31-26)33-11-13-36-14-12-33)21-4-2-6-23(16-21)27(35)29-8-10-32-9-7-28-19-32/h1-7,9,15-17,19,34H,8,10-14,18H2,(H,29,35). The molecule has 0 bridgehead atoms. The third-order valence-corrected chi connectivity index (χ3v) is 6.05. The van der Waals surface area contributed by atoms with E-state index in [0.717, 1.165) is 41.3 Å². The molecule has 9 heteroatoms. The molecule has 1 aliphatic heterocycles. The molecular weight excluding hydrogens is 456 g/mol. The van der Waals surface area contributed by atoms with E-state index in [2.05, 4.69) is 15.2 Å². The second-order valence-corrected chi connectivity index (χ2v) is 8.53. The van der Waals surface area contributed by atoms with E-state index in [1.807, 2.05) is 59.3 Å². The molecule has 1 amide bonds. The fraction of sp³-hybridized carbons (Fsp3) is 0.259. The molecule has 0 radical (unpaired) electrons. The van der Waals surface area contributed by atoms with Crippen LogP contribution in [0.5, 0.6) is 0 Å². The van der Waals surface area contributed by atoms with Crippen molar-refractivity contribution in [3.63, 3.8) is 0 Å². The van der Waals surface area contributed by atoms with Gasteiger partial charge in [0.2, 0.25) is 0 Å². The van der Waals surface area contributed by atoms with Gasteiger partial charge in [0.25, 0.3) is 5.91 Å². The van der Waals surface area contributed by atoms with E-state index < -0.39 is 0 Å². The fourth-order valence-electron chi connectivity index (χ4n) is 4.11. The summed E-state index contributed by atoms with van der Waals surface area (Å²) in [5.74, 6) is 1.23. The SMILES string of the molecule is O=C(NCCn1ccnc1)c1cccc(-c2cc(N3CCOCC3)nc(-c3cccc(CO)c3)n2)c1. The molecule has 2 N–H and O–H groups in total. The number of anilines is 1. The van der Waals surface area contributed by atoms with E-state index in [1.165, 1.54) is 0 Å². The number of aromatic nitrogens is 4. The Hall–Kier alpha value is -4.08. The number of carbonyl (C=O) groups is 1. The van der Waals surface area contributed by atoms with Gasteiger partial charge in [-0.2, -0.15) is 0 Å². The summed E-state index contributed by atoms with van der Waals surface area (Å²) in [6, 6.07) is 17.0. The van der Waals surface area contributed by atoms with Gasteiger partial charge in [-0.15, -0.1) is 0 Å². The summed E-state index contributed by atoms with van der Waals surface area (Å²) >= 11 is 0. The Morgan fingerprint density at radius 2 is 1.86 bits per heavy atom. The highest BCUT2D eigenvalue weighted by Crippen LogP contribution is 2.27. The number of rotatable bonds is 8. The van der Waals surface area contributed by atoms with Gasteiger partial charge in [0, 0.05) is 61.3 Å². The molecule has 3 heterocycles. The molecule has 5 rings (SSSR count). The first-order valence-corrected chi connectivity index (χ1v) is 12.0.